The first kappa shape index (κ1) is 15.5. The van der Waals surface area contributed by atoms with Crippen LogP contribution >= 0.6 is 0 Å². The third-order valence-electron chi connectivity index (χ3n) is 4.24. The molecule has 1 aliphatic heterocycles. The van der Waals surface area contributed by atoms with Crippen LogP contribution in [0.2, 0.25) is 0 Å². The Balaban J connectivity index is 1.67. The summed E-state index contributed by atoms with van der Waals surface area (Å²) in [5.74, 6) is 1.02. The molecular weight excluding hydrogens is 290 g/mol. The van der Waals surface area contributed by atoms with Gasteiger partial charge in [-0.2, -0.15) is 0 Å². The molecule has 0 saturated carbocycles. The Kier molecular flexibility index (Phi) is 4.55. The Morgan fingerprint density at radius 3 is 2.48 bits per heavy atom. The molecule has 0 aliphatic carbocycles. The van der Waals surface area contributed by atoms with Crippen molar-refractivity contribution in [2.24, 2.45) is 7.05 Å². The molecule has 3 rings (SSSR count). The van der Waals surface area contributed by atoms with E-state index in [1.165, 1.54) is 0 Å². The average Bonchev–Trinajstić information content (AvgIpc) is 3.01. The van der Waals surface area contributed by atoms with Crippen molar-refractivity contribution in [2.75, 3.05) is 37.7 Å². The number of carbonyl (C=O) groups is 1. The highest BCUT2D eigenvalue weighted by atomic mass is 16.5. The van der Waals surface area contributed by atoms with Gasteiger partial charge in [-0.3, -0.25) is 4.79 Å². The molecule has 1 saturated heterocycles. The van der Waals surface area contributed by atoms with Crippen molar-refractivity contribution >= 4 is 11.6 Å². The van der Waals surface area contributed by atoms with Gasteiger partial charge in [0.25, 0.3) is 5.91 Å². The fraction of sp³-hybridized carbons (Fsp3) is 0.389. The van der Waals surface area contributed by atoms with Crippen LogP contribution in [0.3, 0.4) is 0 Å². The first-order valence-electron chi connectivity index (χ1n) is 8.08. The number of carbonyl (C=O) groups excluding carboxylic acids is 1. The molecule has 1 aliphatic rings. The van der Waals surface area contributed by atoms with E-state index in [0.717, 1.165) is 43.3 Å². The number of rotatable bonds is 4. The lowest BCUT2D eigenvalue weighted by Crippen LogP contribution is -2.49. The van der Waals surface area contributed by atoms with E-state index in [4.69, 9.17) is 4.74 Å². The van der Waals surface area contributed by atoms with Crippen LogP contribution in [0.15, 0.2) is 42.6 Å². The highest BCUT2D eigenvalue weighted by molar-refractivity contribution is 5.93. The summed E-state index contributed by atoms with van der Waals surface area (Å²) in [4.78, 5) is 16.8. The molecular formula is C18H23N3O2. The van der Waals surface area contributed by atoms with Gasteiger partial charge >= 0.3 is 0 Å². The maximum absolute atomic E-state index is 12.6. The number of hydrogen-bond donors (Lipinski definition) is 0. The highest BCUT2D eigenvalue weighted by Gasteiger charge is 2.24. The summed E-state index contributed by atoms with van der Waals surface area (Å²) in [6.45, 7) is 5.74. The van der Waals surface area contributed by atoms with Crippen molar-refractivity contribution in [3.63, 3.8) is 0 Å². The monoisotopic (exact) mass is 313 g/mol. The maximum Gasteiger partial charge on any atom is 0.270 e. The zero-order chi connectivity index (χ0) is 16.2. The molecule has 0 bridgehead atoms. The molecule has 0 atom stereocenters. The Morgan fingerprint density at radius 2 is 1.83 bits per heavy atom. The highest BCUT2D eigenvalue weighted by Crippen LogP contribution is 2.29. The molecule has 1 aromatic carbocycles. The molecule has 5 heteroatoms. The first-order valence-corrected chi connectivity index (χ1v) is 8.08. The van der Waals surface area contributed by atoms with Gasteiger partial charge in [0.05, 0.1) is 12.3 Å². The summed E-state index contributed by atoms with van der Waals surface area (Å²) < 4.78 is 7.59. The van der Waals surface area contributed by atoms with Crippen molar-refractivity contribution in [2.45, 2.75) is 6.92 Å². The number of ether oxygens (including phenoxy) is 1. The average molecular weight is 313 g/mol. The fourth-order valence-electron chi connectivity index (χ4n) is 2.99. The number of amides is 1. The quantitative estimate of drug-likeness (QED) is 0.870. The van der Waals surface area contributed by atoms with Crippen LogP contribution in [0, 0.1) is 0 Å². The van der Waals surface area contributed by atoms with Crippen LogP contribution in [0.1, 0.15) is 17.4 Å². The maximum atomic E-state index is 12.6. The smallest absolute Gasteiger partial charge is 0.270 e. The van der Waals surface area contributed by atoms with Crippen LogP contribution in [-0.4, -0.2) is 48.2 Å². The molecule has 1 amide bonds. The van der Waals surface area contributed by atoms with Gasteiger partial charge < -0.3 is 19.1 Å². The van der Waals surface area contributed by atoms with Crippen LogP contribution in [0.25, 0.3) is 0 Å². The van der Waals surface area contributed by atoms with Gasteiger partial charge in [0.15, 0.2) is 0 Å². The zero-order valence-corrected chi connectivity index (χ0v) is 13.7. The number of aromatic nitrogens is 1. The number of hydrogen-bond acceptors (Lipinski definition) is 3. The number of para-hydroxylation sites is 2. The van der Waals surface area contributed by atoms with Gasteiger partial charge in [-0.05, 0) is 31.2 Å². The molecule has 1 aromatic heterocycles. The lowest BCUT2D eigenvalue weighted by atomic mass is 10.2. The minimum Gasteiger partial charge on any atom is -0.492 e. The van der Waals surface area contributed by atoms with Gasteiger partial charge in [-0.25, -0.2) is 0 Å². The molecule has 5 nitrogen and oxygen atoms in total. The first-order chi connectivity index (χ1) is 11.2. The van der Waals surface area contributed by atoms with E-state index in [1.807, 2.05) is 60.0 Å². The Labute approximate surface area is 137 Å². The molecule has 0 unspecified atom stereocenters. The summed E-state index contributed by atoms with van der Waals surface area (Å²) in [5.41, 5.74) is 1.86. The fourth-order valence-corrected chi connectivity index (χ4v) is 2.99. The predicted molar refractivity (Wildman–Crippen MR) is 91.1 cm³/mol. The normalized spacial score (nSPS) is 14.9. The number of anilines is 1. The zero-order valence-electron chi connectivity index (χ0n) is 13.7. The van der Waals surface area contributed by atoms with Crippen LogP contribution in [-0.2, 0) is 7.05 Å². The summed E-state index contributed by atoms with van der Waals surface area (Å²) in [6, 6.07) is 11.9. The van der Waals surface area contributed by atoms with Crippen LogP contribution in [0.5, 0.6) is 5.75 Å². The van der Waals surface area contributed by atoms with E-state index in [1.54, 1.807) is 0 Å². The van der Waals surface area contributed by atoms with Gasteiger partial charge in [-0.1, -0.05) is 12.1 Å². The van der Waals surface area contributed by atoms with Gasteiger partial charge in [0, 0.05) is 39.4 Å². The second-order valence-electron chi connectivity index (χ2n) is 5.68. The van der Waals surface area contributed by atoms with Crippen molar-refractivity contribution in [1.29, 1.82) is 0 Å². The number of piperazine rings is 1. The van der Waals surface area contributed by atoms with Crippen molar-refractivity contribution in [3.8, 4) is 5.75 Å². The number of nitrogens with zero attached hydrogens (tertiary/aromatic N) is 3. The van der Waals surface area contributed by atoms with Crippen LogP contribution in [0.4, 0.5) is 5.69 Å². The molecule has 2 heterocycles. The van der Waals surface area contributed by atoms with E-state index in [-0.39, 0.29) is 5.91 Å². The molecule has 0 N–H and O–H groups in total. The predicted octanol–water partition coefficient (Wildman–Crippen LogP) is 2.39. The second-order valence-corrected chi connectivity index (χ2v) is 5.68. The number of benzene rings is 1. The molecule has 2 aromatic rings. The molecule has 1 fully saturated rings. The SMILES string of the molecule is CCOc1ccccc1N1CCN(C(=O)c2cccn2C)CC1. The molecule has 23 heavy (non-hydrogen) atoms. The van der Waals surface area contributed by atoms with Gasteiger partial charge in [0.1, 0.15) is 11.4 Å². The topological polar surface area (TPSA) is 37.7 Å². The molecule has 0 spiro atoms. The van der Waals surface area contributed by atoms with E-state index < -0.39 is 0 Å². The second kappa shape index (κ2) is 6.77. The van der Waals surface area contributed by atoms with Gasteiger partial charge in [0.2, 0.25) is 0 Å². The minimum absolute atomic E-state index is 0.107. The molecule has 0 radical (unpaired) electrons. The third-order valence-corrected chi connectivity index (χ3v) is 4.24. The van der Waals surface area contributed by atoms with Gasteiger partial charge in [-0.15, -0.1) is 0 Å². The standard InChI is InChI=1S/C18H23N3O2/c1-3-23-17-9-5-4-7-15(17)20-11-13-21(14-12-20)18(22)16-8-6-10-19(16)2/h4-10H,3,11-14H2,1-2H3. The summed E-state index contributed by atoms with van der Waals surface area (Å²) in [6.07, 6.45) is 1.90. The van der Waals surface area contributed by atoms with Crippen LogP contribution < -0.4 is 9.64 Å². The van der Waals surface area contributed by atoms with E-state index in [2.05, 4.69) is 11.0 Å². The van der Waals surface area contributed by atoms with E-state index in [9.17, 15) is 4.79 Å². The Hall–Kier alpha value is -2.43. The van der Waals surface area contributed by atoms with Crippen molar-refractivity contribution in [1.82, 2.24) is 9.47 Å². The largest absolute Gasteiger partial charge is 0.492 e. The Bertz CT molecular complexity index is 672. The van der Waals surface area contributed by atoms with Crippen molar-refractivity contribution < 1.29 is 9.53 Å². The third kappa shape index (κ3) is 3.18. The molecule has 122 valence electrons. The Morgan fingerprint density at radius 1 is 1.09 bits per heavy atom. The summed E-state index contributed by atoms with van der Waals surface area (Å²) >= 11 is 0. The minimum atomic E-state index is 0.107. The van der Waals surface area contributed by atoms with Crippen molar-refractivity contribution in [3.05, 3.63) is 48.3 Å². The summed E-state index contributed by atoms with van der Waals surface area (Å²) in [5, 5.41) is 0. The lowest BCUT2D eigenvalue weighted by Gasteiger charge is -2.36. The summed E-state index contributed by atoms with van der Waals surface area (Å²) in [7, 11) is 1.90. The van der Waals surface area contributed by atoms with E-state index >= 15 is 0 Å². The van der Waals surface area contributed by atoms with E-state index in [0.29, 0.717) is 6.61 Å². The lowest BCUT2D eigenvalue weighted by molar-refractivity contribution is 0.0737. The number of aryl methyl sites for hydroxylation is 1.